The normalized spacial score (nSPS) is 17.0. The summed E-state index contributed by atoms with van der Waals surface area (Å²) >= 11 is 0. The molecule has 2 amide bonds. The van der Waals surface area contributed by atoms with Crippen molar-refractivity contribution < 1.29 is 19.1 Å². The molecule has 1 aliphatic heterocycles. The van der Waals surface area contributed by atoms with Gasteiger partial charge in [-0.05, 0) is 50.0 Å². The quantitative estimate of drug-likeness (QED) is 0.677. The largest absolute Gasteiger partial charge is 0.493 e. The van der Waals surface area contributed by atoms with Crippen LogP contribution in [0.25, 0.3) is 0 Å². The van der Waals surface area contributed by atoms with Crippen molar-refractivity contribution in [3.8, 4) is 11.5 Å². The maximum atomic E-state index is 12.3. The molecule has 1 aromatic carbocycles. The lowest BCUT2D eigenvalue weighted by molar-refractivity contribution is -0.122. The Hall–Kier alpha value is -2.28. The molecule has 0 aliphatic carbocycles. The van der Waals surface area contributed by atoms with Gasteiger partial charge in [-0.1, -0.05) is 0 Å². The number of hydrogen-bond acceptors (Lipinski definition) is 5. The van der Waals surface area contributed by atoms with Crippen LogP contribution in [0.1, 0.15) is 23.2 Å². The third kappa shape index (κ3) is 5.13. The van der Waals surface area contributed by atoms with Gasteiger partial charge in [0.05, 0.1) is 7.11 Å². The summed E-state index contributed by atoms with van der Waals surface area (Å²) in [6, 6.07) is 4.92. The number of amides is 2. The van der Waals surface area contributed by atoms with E-state index >= 15 is 0 Å². The zero-order chi connectivity index (χ0) is 17.4. The summed E-state index contributed by atoms with van der Waals surface area (Å²) in [6.45, 7) is 2.55. The molecular weight excluding hydrogens is 310 g/mol. The molecule has 0 spiro atoms. The molecule has 1 heterocycles. The van der Waals surface area contributed by atoms with Crippen molar-refractivity contribution in [3.63, 3.8) is 0 Å². The van der Waals surface area contributed by atoms with E-state index < -0.39 is 0 Å². The molecule has 0 saturated carbocycles. The number of likely N-dealkylation sites (N-methyl/N-ethyl adjacent to an activating group) is 1. The summed E-state index contributed by atoms with van der Waals surface area (Å²) in [5, 5.41) is 8.77. The molecule has 1 aromatic rings. The highest BCUT2D eigenvalue weighted by Gasteiger charge is 2.16. The van der Waals surface area contributed by atoms with Crippen molar-refractivity contribution in [2.75, 3.05) is 40.4 Å². The Kier molecular flexibility index (Phi) is 6.87. The van der Waals surface area contributed by atoms with E-state index in [2.05, 4.69) is 16.0 Å². The van der Waals surface area contributed by atoms with Gasteiger partial charge in [0, 0.05) is 19.2 Å². The van der Waals surface area contributed by atoms with Crippen LogP contribution in [0, 0.1) is 5.92 Å². The summed E-state index contributed by atoms with van der Waals surface area (Å²) < 4.78 is 10.6. The van der Waals surface area contributed by atoms with Crippen molar-refractivity contribution in [1.82, 2.24) is 16.0 Å². The van der Waals surface area contributed by atoms with Gasteiger partial charge in [-0.25, -0.2) is 0 Å². The van der Waals surface area contributed by atoms with Gasteiger partial charge in [-0.15, -0.1) is 0 Å². The molecular formula is C17H25N3O4. The van der Waals surface area contributed by atoms with Crippen LogP contribution in [-0.2, 0) is 4.79 Å². The Balaban J connectivity index is 1.94. The number of rotatable bonds is 7. The predicted octanol–water partition coefficient (Wildman–Crippen LogP) is 0.549. The number of carbonyl (C=O) groups is 2. The van der Waals surface area contributed by atoms with Crippen molar-refractivity contribution in [2.45, 2.75) is 12.8 Å². The Bertz CT molecular complexity index is 571. The molecule has 1 unspecified atom stereocenters. The number of hydrogen-bond donors (Lipinski definition) is 3. The summed E-state index contributed by atoms with van der Waals surface area (Å²) in [7, 11) is 3.04. The predicted molar refractivity (Wildman–Crippen MR) is 90.5 cm³/mol. The first kappa shape index (κ1) is 18.1. The van der Waals surface area contributed by atoms with E-state index in [0.29, 0.717) is 29.5 Å². The summed E-state index contributed by atoms with van der Waals surface area (Å²) in [4.78, 5) is 23.5. The van der Waals surface area contributed by atoms with E-state index in [-0.39, 0.29) is 18.4 Å². The smallest absolute Gasteiger partial charge is 0.257 e. The van der Waals surface area contributed by atoms with Crippen LogP contribution >= 0.6 is 0 Å². The van der Waals surface area contributed by atoms with Crippen LogP contribution in [0.4, 0.5) is 0 Å². The van der Waals surface area contributed by atoms with Crippen molar-refractivity contribution >= 4 is 11.8 Å². The average Bonchev–Trinajstić information content (AvgIpc) is 2.64. The summed E-state index contributed by atoms with van der Waals surface area (Å²) in [5.74, 6) is 0.941. The number of nitrogens with one attached hydrogen (secondary N) is 3. The number of ether oxygens (including phenoxy) is 2. The third-order valence-corrected chi connectivity index (χ3v) is 4.01. The van der Waals surface area contributed by atoms with E-state index in [1.54, 1.807) is 18.2 Å². The lowest BCUT2D eigenvalue weighted by Gasteiger charge is -2.22. The molecule has 1 atom stereocenters. The fraction of sp³-hybridized carbons (Fsp3) is 0.529. The molecule has 7 nitrogen and oxygen atoms in total. The Morgan fingerprint density at radius 1 is 1.33 bits per heavy atom. The highest BCUT2D eigenvalue weighted by molar-refractivity contribution is 5.94. The van der Waals surface area contributed by atoms with Crippen molar-refractivity contribution in [1.29, 1.82) is 0 Å². The summed E-state index contributed by atoms with van der Waals surface area (Å²) in [5.41, 5.74) is 0.503. The molecule has 3 N–H and O–H groups in total. The fourth-order valence-corrected chi connectivity index (χ4v) is 2.58. The van der Waals surface area contributed by atoms with E-state index in [0.717, 1.165) is 25.9 Å². The molecule has 0 bridgehead atoms. The first-order valence-corrected chi connectivity index (χ1v) is 8.14. The molecule has 2 rings (SSSR count). The number of carbonyl (C=O) groups excluding carboxylic acids is 2. The van der Waals surface area contributed by atoms with Gasteiger partial charge in [-0.3, -0.25) is 9.59 Å². The molecule has 24 heavy (non-hydrogen) atoms. The minimum atomic E-state index is -0.236. The van der Waals surface area contributed by atoms with Gasteiger partial charge in [0.25, 0.3) is 11.8 Å². The molecule has 1 saturated heterocycles. The second kappa shape index (κ2) is 9.12. The standard InChI is InChI=1S/C17H25N3O4/c1-18-16(21)11-24-14-6-5-13(8-15(14)23-2)17(22)20-10-12-4-3-7-19-9-12/h5-6,8,12,19H,3-4,7,9-11H2,1-2H3,(H,18,21)(H,20,22). The van der Waals surface area contributed by atoms with Gasteiger partial charge in [0.15, 0.2) is 18.1 Å². The van der Waals surface area contributed by atoms with Crippen LogP contribution in [0.5, 0.6) is 11.5 Å². The van der Waals surface area contributed by atoms with Crippen LogP contribution in [-0.4, -0.2) is 52.2 Å². The second-order valence-electron chi connectivity index (χ2n) is 5.75. The average molecular weight is 335 g/mol. The molecule has 0 aromatic heterocycles. The first-order valence-electron chi connectivity index (χ1n) is 8.14. The molecule has 1 aliphatic rings. The Labute approximate surface area is 142 Å². The third-order valence-electron chi connectivity index (χ3n) is 4.01. The lowest BCUT2D eigenvalue weighted by Crippen LogP contribution is -2.38. The fourth-order valence-electron chi connectivity index (χ4n) is 2.58. The van der Waals surface area contributed by atoms with Crippen LogP contribution in [0.3, 0.4) is 0 Å². The Morgan fingerprint density at radius 2 is 2.17 bits per heavy atom. The minimum absolute atomic E-state index is 0.104. The van der Waals surface area contributed by atoms with Gasteiger partial charge in [0.1, 0.15) is 0 Å². The maximum Gasteiger partial charge on any atom is 0.257 e. The lowest BCUT2D eigenvalue weighted by atomic mass is 9.99. The Morgan fingerprint density at radius 3 is 2.83 bits per heavy atom. The van der Waals surface area contributed by atoms with Crippen LogP contribution in [0.2, 0.25) is 0 Å². The van der Waals surface area contributed by atoms with E-state index in [1.165, 1.54) is 14.2 Å². The number of methoxy groups -OCH3 is 1. The highest BCUT2D eigenvalue weighted by Crippen LogP contribution is 2.28. The number of piperidine rings is 1. The van der Waals surface area contributed by atoms with Gasteiger partial charge in [-0.2, -0.15) is 0 Å². The SMILES string of the molecule is CNC(=O)COc1ccc(C(=O)NCC2CCCNC2)cc1OC. The maximum absolute atomic E-state index is 12.3. The second-order valence-corrected chi connectivity index (χ2v) is 5.75. The van der Waals surface area contributed by atoms with Gasteiger partial charge < -0.3 is 25.4 Å². The van der Waals surface area contributed by atoms with E-state index in [9.17, 15) is 9.59 Å². The molecule has 0 radical (unpaired) electrons. The molecule has 132 valence electrons. The van der Waals surface area contributed by atoms with E-state index in [4.69, 9.17) is 9.47 Å². The van der Waals surface area contributed by atoms with Crippen molar-refractivity contribution in [3.05, 3.63) is 23.8 Å². The zero-order valence-corrected chi connectivity index (χ0v) is 14.2. The highest BCUT2D eigenvalue weighted by atomic mass is 16.5. The number of benzene rings is 1. The van der Waals surface area contributed by atoms with Crippen molar-refractivity contribution in [2.24, 2.45) is 5.92 Å². The van der Waals surface area contributed by atoms with E-state index in [1.807, 2.05) is 0 Å². The minimum Gasteiger partial charge on any atom is -0.493 e. The zero-order valence-electron chi connectivity index (χ0n) is 14.2. The topological polar surface area (TPSA) is 88.7 Å². The summed E-state index contributed by atoms with van der Waals surface area (Å²) in [6.07, 6.45) is 2.27. The molecule has 7 heteroatoms. The molecule has 1 fully saturated rings. The van der Waals surface area contributed by atoms with Gasteiger partial charge in [0.2, 0.25) is 0 Å². The monoisotopic (exact) mass is 335 g/mol. The first-order chi connectivity index (χ1) is 11.6. The van der Waals surface area contributed by atoms with Gasteiger partial charge >= 0.3 is 0 Å². The van der Waals surface area contributed by atoms with Crippen LogP contribution in [0.15, 0.2) is 18.2 Å². The van der Waals surface area contributed by atoms with Crippen LogP contribution < -0.4 is 25.4 Å².